The van der Waals surface area contributed by atoms with E-state index in [1.807, 2.05) is 6.92 Å². The van der Waals surface area contributed by atoms with E-state index in [2.05, 4.69) is 21.2 Å². The van der Waals surface area contributed by atoms with Gasteiger partial charge < -0.3 is 5.32 Å². The van der Waals surface area contributed by atoms with E-state index in [9.17, 15) is 8.42 Å². The fraction of sp³-hybridized carbons (Fsp3) is 0.538. The van der Waals surface area contributed by atoms with Crippen molar-refractivity contribution in [3.05, 3.63) is 27.7 Å². The fourth-order valence-corrected chi connectivity index (χ4v) is 5.87. The number of hydrogen-bond acceptors (Lipinski definition) is 3. The number of nitrogens with zero attached hydrogens (tertiary/aromatic N) is 1. The first-order valence-electron chi connectivity index (χ1n) is 6.65. The summed E-state index contributed by atoms with van der Waals surface area (Å²) in [6.07, 6.45) is 1.61. The molecule has 1 fully saturated rings. The van der Waals surface area contributed by atoms with Crippen LogP contribution < -0.4 is 5.32 Å². The number of rotatable bonds is 5. The number of halogens is 2. The third kappa shape index (κ3) is 3.20. The molecule has 1 heterocycles. The first kappa shape index (κ1) is 16.2. The SMILES string of the molecule is CCCN(C1CCNC1)S(=O)(=O)c1c(Cl)cccc1Br. The Balaban J connectivity index is 2.45. The summed E-state index contributed by atoms with van der Waals surface area (Å²) >= 11 is 9.42. The average Bonchev–Trinajstić information content (AvgIpc) is 2.88. The monoisotopic (exact) mass is 380 g/mol. The zero-order valence-corrected chi connectivity index (χ0v) is 14.4. The molecule has 1 aromatic rings. The van der Waals surface area contributed by atoms with Crippen LogP contribution in [0.3, 0.4) is 0 Å². The van der Waals surface area contributed by atoms with Gasteiger partial charge in [0.2, 0.25) is 10.0 Å². The molecule has 1 aliphatic rings. The molecular formula is C13H18BrClN2O2S. The van der Waals surface area contributed by atoms with Crippen LogP contribution in [0.15, 0.2) is 27.6 Å². The van der Waals surface area contributed by atoms with E-state index < -0.39 is 10.0 Å². The summed E-state index contributed by atoms with van der Waals surface area (Å²) in [7, 11) is -3.59. The van der Waals surface area contributed by atoms with Crippen molar-refractivity contribution in [3.8, 4) is 0 Å². The van der Waals surface area contributed by atoms with E-state index in [-0.39, 0.29) is 16.0 Å². The van der Waals surface area contributed by atoms with Gasteiger partial charge in [0.15, 0.2) is 0 Å². The normalized spacial score (nSPS) is 19.7. The van der Waals surface area contributed by atoms with Crippen molar-refractivity contribution in [2.45, 2.75) is 30.7 Å². The largest absolute Gasteiger partial charge is 0.315 e. The first-order chi connectivity index (χ1) is 9.48. The van der Waals surface area contributed by atoms with Gasteiger partial charge in [-0.1, -0.05) is 24.6 Å². The molecule has 0 spiro atoms. The second-order valence-electron chi connectivity index (χ2n) is 4.81. The van der Waals surface area contributed by atoms with Gasteiger partial charge >= 0.3 is 0 Å². The summed E-state index contributed by atoms with van der Waals surface area (Å²) in [5.74, 6) is 0. The van der Waals surface area contributed by atoms with E-state index in [1.165, 1.54) is 0 Å². The van der Waals surface area contributed by atoms with Crippen LogP contribution in [0.1, 0.15) is 19.8 Å². The minimum absolute atomic E-state index is 0.00289. The zero-order chi connectivity index (χ0) is 14.8. The molecule has 4 nitrogen and oxygen atoms in total. The van der Waals surface area contributed by atoms with Crippen molar-refractivity contribution >= 4 is 37.6 Å². The van der Waals surface area contributed by atoms with Crippen LogP contribution in [0.5, 0.6) is 0 Å². The van der Waals surface area contributed by atoms with Gasteiger partial charge in [0.05, 0.1) is 5.02 Å². The van der Waals surface area contributed by atoms with E-state index >= 15 is 0 Å². The molecule has 0 aromatic heterocycles. The maximum atomic E-state index is 12.9. The van der Waals surface area contributed by atoms with E-state index in [4.69, 9.17) is 11.6 Å². The number of benzene rings is 1. The van der Waals surface area contributed by atoms with Gasteiger partial charge in [0.1, 0.15) is 4.90 Å². The third-order valence-corrected chi connectivity index (χ3v) is 6.78. The number of sulfonamides is 1. The Morgan fingerprint density at radius 1 is 1.50 bits per heavy atom. The van der Waals surface area contributed by atoms with E-state index in [1.54, 1.807) is 22.5 Å². The van der Waals surface area contributed by atoms with E-state index in [0.717, 1.165) is 19.4 Å². The Hall–Kier alpha value is -0.140. The highest BCUT2D eigenvalue weighted by atomic mass is 79.9. The molecule has 1 saturated heterocycles. The topological polar surface area (TPSA) is 49.4 Å². The summed E-state index contributed by atoms with van der Waals surface area (Å²) in [6.45, 7) is 4.03. The summed E-state index contributed by atoms with van der Waals surface area (Å²) in [6, 6.07) is 5.04. The van der Waals surface area contributed by atoms with Crippen molar-refractivity contribution in [1.29, 1.82) is 0 Å². The van der Waals surface area contributed by atoms with Crippen molar-refractivity contribution in [1.82, 2.24) is 9.62 Å². The summed E-state index contributed by atoms with van der Waals surface area (Å²) < 4.78 is 28.0. The van der Waals surface area contributed by atoms with Crippen LogP contribution in [0.2, 0.25) is 5.02 Å². The second-order valence-corrected chi connectivity index (χ2v) is 7.90. The van der Waals surface area contributed by atoms with Crippen LogP contribution in [-0.4, -0.2) is 38.4 Å². The van der Waals surface area contributed by atoms with Gasteiger partial charge in [-0.15, -0.1) is 0 Å². The average molecular weight is 382 g/mol. The van der Waals surface area contributed by atoms with Gasteiger partial charge in [0, 0.05) is 23.6 Å². The predicted molar refractivity (Wildman–Crippen MR) is 84.6 cm³/mol. The fourth-order valence-electron chi connectivity index (χ4n) is 2.45. The molecule has 1 aromatic carbocycles. The number of hydrogen-bond donors (Lipinski definition) is 1. The van der Waals surface area contributed by atoms with Crippen molar-refractivity contribution in [2.24, 2.45) is 0 Å². The molecule has 0 radical (unpaired) electrons. The van der Waals surface area contributed by atoms with Crippen LogP contribution in [0.25, 0.3) is 0 Å². The molecule has 1 unspecified atom stereocenters. The summed E-state index contributed by atoms with van der Waals surface area (Å²) in [4.78, 5) is 0.169. The zero-order valence-electron chi connectivity index (χ0n) is 11.3. The quantitative estimate of drug-likeness (QED) is 0.853. The molecule has 1 N–H and O–H groups in total. The lowest BCUT2D eigenvalue weighted by molar-refractivity contribution is 0.335. The van der Waals surface area contributed by atoms with Crippen molar-refractivity contribution < 1.29 is 8.42 Å². The molecule has 0 bridgehead atoms. The van der Waals surface area contributed by atoms with Crippen LogP contribution in [0, 0.1) is 0 Å². The Bertz CT molecular complexity index is 553. The molecular weight excluding hydrogens is 364 g/mol. The highest BCUT2D eigenvalue weighted by Gasteiger charge is 2.34. The predicted octanol–water partition coefficient (Wildman–Crippen LogP) is 2.87. The van der Waals surface area contributed by atoms with Gasteiger partial charge in [-0.25, -0.2) is 8.42 Å². The van der Waals surface area contributed by atoms with Crippen molar-refractivity contribution in [3.63, 3.8) is 0 Å². The molecule has 1 aliphatic heterocycles. The molecule has 7 heteroatoms. The first-order valence-corrected chi connectivity index (χ1v) is 9.26. The minimum atomic E-state index is -3.59. The molecule has 112 valence electrons. The van der Waals surface area contributed by atoms with E-state index in [0.29, 0.717) is 17.6 Å². The smallest absolute Gasteiger partial charge is 0.245 e. The maximum Gasteiger partial charge on any atom is 0.245 e. The maximum absolute atomic E-state index is 12.9. The Morgan fingerprint density at radius 2 is 2.25 bits per heavy atom. The standard InChI is InChI=1S/C13H18BrClN2O2S/c1-2-8-17(10-6-7-16-9-10)20(18,19)13-11(14)4-3-5-12(13)15/h3-5,10,16H,2,6-9H2,1H3. The number of nitrogens with one attached hydrogen (secondary N) is 1. The molecule has 0 saturated carbocycles. The minimum Gasteiger partial charge on any atom is -0.315 e. The van der Waals surface area contributed by atoms with Crippen LogP contribution in [0.4, 0.5) is 0 Å². The lowest BCUT2D eigenvalue weighted by Crippen LogP contribution is -2.42. The van der Waals surface area contributed by atoms with Crippen LogP contribution >= 0.6 is 27.5 Å². The van der Waals surface area contributed by atoms with Gasteiger partial charge in [0.25, 0.3) is 0 Å². The summed E-state index contributed by atoms with van der Waals surface area (Å²) in [5, 5.41) is 3.47. The lowest BCUT2D eigenvalue weighted by Gasteiger charge is -2.28. The molecule has 2 rings (SSSR count). The third-order valence-electron chi connectivity index (χ3n) is 3.37. The Morgan fingerprint density at radius 3 is 2.80 bits per heavy atom. The molecule has 1 atom stereocenters. The Labute approximate surface area is 133 Å². The molecule has 20 heavy (non-hydrogen) atoms. The Kier molecular flexibility index (Phi) is 5.48. The molecule has 0 amide bonds. The lowest BCUT2D eigenvalue weighted by atomic mass is 10.2. The molecule has 0 aliphatic carbocycles. The van der Waals surface area contributed by atoms with Crippen LogP contribution in [-0.2, 0) is 10.0 Å². The van der Waals surface area contributed by atoms with Gasteiger partial charge in [-0.05, 0) is 47.4 Å². The highest BCUT2D eigenvalue weighted by Crippen LogP contribution is 2.33. The van der Waals surface area contributed by atoms with Gasteiger partial charge in [-0.3, -0.25) is 0 Å². The highest BCUT2D eigenvalue weighted by molar-refractivity contribution is 9.10. The second kappa shape index (κ2) is 6.75. The van der Waals surface area contributed by atoms with Crippen molar-refractivity contribution in [2.75, 3.05) is 19.6 Å². The summed E-state index contributed by atoms with van der Waals surface area (Å²) in [5.41, 5.74) is 0. The van der Waals surface area contributed by atoms with Gasteiger partial charge in [-0.2, -0.15) is 4.31 Å².